The third-order valence-electron chi connectivity index (χ3n) is 7.60. The van der Waals surface area contributed by atoms with E-state index in [-0.39, 0.29) is 28.9 Å². The molecule has 0 radical (unpaired) electrons. The van der Waals surface area contributed by atoms with Gasteiger partial charge in [-0.2, -0.15) is 5.26 Å². The molecule has 0 bridgehead atoms. The van der Waals surface area contributed by atoms with Crippen LogP contribution in [0.3, 0.4) is 0 Å². The first-order chi connectivity index (χ1) is 18.2. The number of ether oxygens (including phenoxy) is 2. The van der Waals surface area contributed by atoms with Gasteiger partial charge in [-0.3, -0.25) is 0 Å². The van der Waals surface area contributed by atoms with Gasteiger partial charge in [0.05, 0.1) is 37.0 Å². The van der Waals surface area contributed by atoms with Crippen molar-refractivity contribution in [2.75, 3.05) is 27.2 Å². The third-order valence-corrected chi connectivity index (χ3v) is 7.80. The molecule has 3 aromatic rings. The number of nitriles is 1. The SMILES string of the molecule is COc1nc(Cl)cc2c1[C@]1(O)[C@H](O)[C@H](CN(C)CC(F)F)[C@@H](c3ccccc3)[C@]1(c1ccc(C#N)cc1)O2. The van der Waals surface area contributed by atoms with Gasteiger partial charge in [0.1, 0.15) is 10.9 Å². The summed E-state index contributed by atoms with van der Waals surface area (Å²) in [5.74, 6) is -1.30. The summed E-state index contributed by atoms with van der Waals surface area (Å²) in [4.78, 5) is 5.65. The van der Waals surface area contributed by atoms with Crippen molar-refractivity contribution in [2.45, 2.75) is 29.6 Å². The van der Waals surface area contributed by atoms with E-state index in [1.165, 1.54) is 18.1 Å². The van der Waals surface area contributed by atoms with Crippen molar-refractivity contribution in [1.82, 2.24) is 9.88 Å². The third kappa shape index (κ3) is 3.83. The Labute approximate surface area is 223 Å². The molecule has 1 aliphatic carbocycles. The van der Waals surface area contributed by atoms with Crippen molar-refractivity contribution in [3.05, 3.63) is 88.1 Å². The van der Waals surface area contributed by atoms with Crippen LogP contribution in [0.4, 0.5) is 8.78 Å². The van der Waals surface area contributed by atoms with Gasteiger partial charge in [-0.25, -0.2) is 13.8 Å². The van der Waals surface area contributed by atoms with Crippen molar-refractivity contribution >= 4 is 11.6 Å². The fraction of sp³-hybridized carbons (Fsp3) is 0.357. The number of hydrogen-bond acceptors (Lipinski definition) is 7. The largest absolute Gasteiger partial charge is 0.481 e. The number of alkyl halides is 2. The molecule has 2 aromatic carbocycles. The summed E-state index contributed by atoms with van der Waals surface area (Å²) < 4.78 is 38.7. The van der Waals surface area contributed by atoms with Crippen molar-refractivity contribution in [3.8, 4) is 17.7 Å². The molecule has 198 valence electrons. The van der Waals surface area contributed by atoms with Gasteiger partial charge < -0.3 is 24.6 Å². The Morgan fingerprint density at radius 2 is 1.89 bits per heavy atom. The van der Waals surface area contributed by atoms with E-state index in [1.807, 2.05) is 30.3 Å². The highest BCUT2D eigenvalue weighted by Gasteiger charge is 2.77. The number of halogens is 3. The van der Waals surface area contributed by atoms with E-state index in [1.54, 1.807) is 31.3 Å². The maximum absolute atomic E-state index is 13.3. The quantitative estimate of drug-likeness (QED) is 0.435. The van der Waals surface area contributed by atoms with Gasteiger partial charge in [-0.05, 0) is 30.3 Å². The number of benzene rings is 2. The van der Waals surface area contributed by atoms with Gasteiger partial charge in [0.2, 0.25) is 5.88 Å². The standard InChI is InChI=1S/C28H26ClF2N3O4/c1-34(15-22(30)31)14-19-23(17-6-4-3-5-7-17)28(18-10-8-16(13-32)9-11-18)27(36,25(19)35)24-20(38-28)12-21(29)33-26(24)37-2/h3-12,19,22-23,25,35-36H,14-15H2,1-2H3/t19-,23-,25-,27+,28+/m1/s1. The maximum Gasteiger partial charge on any atom is 0.251 e. The number of aromatic nitrogens is 1. The zero-order chi connectivity index (χ0) is 27.2. The van der Waals surface area contributed by atoms with Crippen LogP contribution in [0.15, 0.2) is 60.7 Å². The van der Waals surface area contributed by atoms with Gasteiger partial charge in [0.25, 0.3) is 6.43 Å². The Kier molecular flexibility index (Phi) is 6.78. The van der Waals surface area contributed by atoms with Crippen LogP contribution in [0.2, 0.25) is 5.15 Å². The minimum Gasteiger partial charge on any atom is -0.481 e. The predicted molar refractivity (Wildman–Crippen MR) is 135 cm³/mol. The van der Waals surface area contributed by atoms with Crippen LogP contribution in [0.1, 0.15) is 28.2 Å². The van der Waals surface area contributed by atoms with Crippen LogP contribution in [-0.4, -0.2) is 59.9 Å². The Bertz CT molecular complexity index is 1370. The van der Waals surface area contributed by atoms with Crippen molar-refractivity contribution in [3.63, 3.8) is 0 Å². The Balaban J connectivity index is 1.81. The summed E-state index contributed by atoms with van der Waals surface area (Å²) in [5.41, 5.74) is -2.01. The number of aliphatic hydroxyl groups is 2. The summed E-state index contributed by atoms with van der Waals surface area (Å²) in [6, 6.07) is 19.3. The van der Waals surface area contributed by atoms with E-state index in [9.17, 15) is 24.3 Å². The average molecular weight is 542 g/mol. The van der Waals surface area contributed by atoms with E-state index in [0.717, 1.165) is 5.56 Å². The highest BCUT2D eigenvalue weighted by Crippen LogP contribution is 2.69. The number of methoxy groups -OCH3 is 1. The van der Waals surface area contributed by atoms with E-state index in [0.29, 0.717) is 11.1 Å². The molecule has 38 heavy (non-hydrogen) atoms. The number of aliphatic hydroxyl groups excluding tert-OH is 1. The van der Waals surface area contributed by atoms with E-state index < -0.39 is 42.1 Å². The molecule has 2 N–H and O–H groups in total. The number of fused-ring (bicyclic) bond motifs is 3. The van der Waals surface area contributed by atoms with Crippen molar-refractivity contribution in [1.29, 1.82) is 5.26 Å². The predicted octanol–water partition coefficient (Wildman–Crippen LogP) is 4.06. The molecule has 0 unspecified atom stereocenters. The van der Waals surface area contributed by atoms with E-state index >= 15 is 0 Å². The first-order valence-corrected chi connectivity index (χ1v) is 12.4. The lowest BCUT2D eigenvalue weighted by Crippen LogP contribution is -2.52. The summed E-state index contributed by atoms with van der Waals surface area (Å²) in [6.45, 7) is -0.474. The van der Waals surface area contributed by atoms with Crippen molar-refractivity contribution in [2.24, 2.45) is 5.92 Å². The maximum atomic E-state index is 13.3. The van der Waals surface area contributed by atoms with Crippen LogP contribution in [0.5, 0.6) is 11.6 Å². The minimum absolute atomic E-state index is 0.0158. The van der Waals surface area contributed by atoms with Crippen LogP contribution in [-0.2, 0) is 11.2 Å². The topological polar surface area (TPSA) is 98.8 Å². The molecule has 0 saturated heterocycles. The van der Waals surface area contributed by atoms with Crippen LogP contribution < -0.4 is 9.47 Å². The molecule has 10 heteroatoms. The Morgan fingerprint density at radius 3 is 2.50 bits per heavy atom. The molecule has 1 aromatic heterocycles. The second-order valence-corrected chi connectivity index (χ2v) is 10.1. The number of nitrogens with zero attached hydrogens (tertiary/aromatic N) is 3. The van der Waals surface area contributed by atoms with E-state index in [2.05, 4.69) is 11.1 Å². The summed E-state index contributed by atoms with van der Waals surface area (Å²) in [5, 5.41) is 34.1. The molecule has 1 fully saturated rings. The lowest BCUT2D eigenvalue weighted by Gasteiger charge is -2.41. The molecule has 7 nitrogen and oxygen atoms in total. The molecule has 5 atom stereocenters. The lowest BCUT2D eigenvalue weighted by atomic mass is 9.70. The van der Waals surface area contributed by atoms with Crippen LogP contribution in [0.25, 0.3) is 0 Å². The van der Waals surface area contributed by atoms with Gasteiger partial charge in [-0.15, -0.1) is 0 Å². The molecule has 5 rings (SSSR count). The second-order valence-electron chi connectivity index (χ2n) is 9.73. The van der Waals surface area contributed by atoms with Gasteiger partial charge in [0.15, 0.2) is 11.2 Å². The zero-order valence-corrected chi connectivity index (χ0v) is 21.4. The molecule has 0 spiro atoms. The van der Waals surface area contributed by atoms with Crippen LogP contribution in [0, 0.1) is 17.2 Å². The number of hydrogen-bond donors (Lipinski definition) is 2. The minimum atomic E-state index is -2.58. The molecular formula is C28H26ClF2N3O4. The Hall–Kier alpha value is -3.29. The molecule has 2 aliphatic rings. The van der Waals surface area contributed by atoms with Crippen molar-refractivity contribution < 1.29 is 28.5 Å². The highest BCUT2D eigenvalue weighted by atomic mass is 35.5. The molecule has 1 aliphatic heterocycles. The molecule has 0 amide bonds. The normalized spacial score (nSPS) is 27.6. The van der Waals surface area contributed by atoms with Gasteiger partial charge >= 0.3 is 0 Å². The number of rotatable bonds is 7. The lowest BCUT2D eigenvalue weighted by molar-refractivity contribution is -0.152. The zero-order valence-electron chi connectivity index (χ0n) is 20.7. The van der Waals surface area contributed by atoms with Gasteiger partial charge in [-0.1, -0.05) is 54.1 Å². The molecular weight excluding hydrogens is 516 g/mol. The van der Waals surface area contributed by atoms with Crippen LogP contribution >= 0.6 is 11.6 Å². The van der Waals surface area contributed by atoms with Gasteiger partial charge in [0, 0.05) is 24.4 Å². The fourth-order valence-electron chi connectivity index (χ4n) is 6.22. The highest BCUT2D eigenvalue weighted by molar-refractivity contribution is 6.29. The fourth-order valence-corrected chi connectivity index (χ4v) is 6.39. The summed E-state index contributed by atoms with van der Waals surface area (Å²) in [6.07, 6.45) is -4.06. The summed E-state index contributed by atoms with van der Waals surface area (Å²) in [7, 11) is 2.91. The summed E-state index contributed by atoms with van der Waals surface area (Å²) >= 11 is 6.25. The van der Waals surface area contributed by atoms with E-state index in [4.69, 9.17) is 21.1 Å². The monoisotopic (exact) mass is 541 g/mol. The molecule has 2 heterocycles. The smallest absolute Gasteiger partial charge is 0.251 e. The second kappa shape index (κ2) is 9.79. The average Bonchev–Trinajstić information content (AvgIpc) is 3.26. The molecule has 1 saturated carbocycles. The number of pyridine rings is 1. The first-order valence-electron chi connectivity index (χ1n) is 12.0. The Morgan fingerprint density at radius 1 is 1.21 bits per heavy atom. The first kappa shape index (κ1) is 26.3.